The largest absolute Gasteiger partial charge is 0.309 e. The van der Waals surface area contributed by atoms with Crippen molar-refractivity contribution < 1.29 is 0 Å². The highest BCUT2D eigenvalue weighted by Crippen LogP contribution is 2.45. The molecule has 0 atom stereocenters. The lowest BCUT2D eigenvalue weighted by Gasteiger charge is -2.11. The van der Waals surface area contributed by atoms with Crippen molar-refractivity contribution in [2.24, 2.45) is 0 Å². The number of rotatable bonds is 7. The van der Waals surface area contributed by atoms with Crippen molar-refractivity contribution in [2.75, 3.05) is 0 Å². The zero-order chi connectivity index (χ0) is 69.5. The zero-order valence-electron chi connectivity index (χ0n) is 57.7. The Hall–Kier alpha value is -14.1. The van der Waals surface area contributed by atoms with Gasteiger partial charge in [-0.1, -0.05) is 267 Å². The van der Waals surface area contributed by atoms with Gasteiger partial charge in [-0.3, -0.25) is 0 Å². The maximum absolute atomic E-state index is 2.43. The van der Waals surface area contributed by atoms with Crippen LogP contribution in [0.3, 0.4) is 0 Å². The molecule has 0 spiro atoms. The van der Waals surface area contributed by atoms with E-state index in [2.05, 4.69) is 407 Å². The van der Waals surface area contributed by atoms with Crippen LogP contribution in [0, 0.1) is 0 Å². The Morgan fingerprint density at radius 3 is 0.840 bits per heavy atom. The molecule has 4 aromatic heterocycles. The van der Waals surface area contributed by atoms with E-state index >= 15 is 0 Å². The molecule has 0 aliphatic carbocycles. The van der Waals surface area contributed by atoms with Crippen molar-refractivity contribution in [1.82, 2.24) is 18.3 Å². The minimum Gasteiger partial charge on any atom is -0.309 e. The van der Waals surface area contributed by atoms with Crippen LogP contribution in [-0.4, -0.2) is 18.3 Å². The second-order valence-electron chi connectivity index (χ2n) is 28.3. The summed E-state index contributed by atoms with van der Waals surface area (Å²) in [6.07, 6.45) is 0. The van der Waals surface area contributed by atoms with Crippen LogP contribution in [0.2, 0.25) is 0 Å². The van der Waals surface area contributed by atoms with Crippen LogP contribution in [0.25, 0.3) is 208 Å². The summed E-state index contributed by atoms with van der Waals surface area (Å²) in [5.74, 6) is 0. The fourth-order valence-electron chi connectivity index (χ4n) is 17.6. The predicted octanol–water partition coefficient (Wildman–Crippen LogP) is 27.7. The average molecular weight is 1350 g/mol. The summed E-state index contributed by atoms with van der Waals surface area (Å²) < 4.78 is 9.67. The topological polar surface area (TPSA) is 19.7 Å². The molecule has 0 fully saturated rings. The third-order valence-corrected chi connectivity index (χ3v) is 22.5. The Balaban J connectivity index is 0.000000132. The van der Waals surface area contributed by atoms with Gasteiger partial charge in [0.05, 0.1) is 44.1 Å². The van der Waals surface area contributed by atoms with E-state index in [-0.39, 0.29) is 0 Å². The molecule has 0 aliphatic heterocycles. The number of hydrogen-bond acceptors (Lipinski definition) is 0. The van der Waals surface area contributed by atoms with Crippen LogP contribution in [-0.2, 0) is 0 Å². The summed E-state index contributed by atoms with van der Waals surface area (Å²) in [5.41, 5.74) is 21.8. The Bertz CT molecular complexity index is 7550. The van der Waals surface area contributed by atoms with E-state index in [4.69, 9.17) is 0 Å². The Morgan fingerprint density at radius 1 is 0.123 bits per heavy atom. The third-order valence-electron chi connectivity index (χ3n) is 22.5. The summed E-state index contributed by atoms with van der Waals surface area (Å²) in [6.45, 7) is 0. The van der Waals surface area contributed by atoms with Gasteiger partial charge in [0.2, 0.25) is 0 Å². The van der Waals surface area contributed by atoms with Gasteiger partial charge in [0.1, 0.15) is 0 Å². The van der Waals surface area contributed by atoms with Crippen LogP contribution in [0.5, 0.6) is 0 Å². The number of para-hydroxylation sites is 5. The fraction of sp³-hybridized carbons (Fsp3) is 0. The molecule has 23 rings (SSSR count). The van der Waals surface area contributed by atoms with E-state index in [0.717, 1.165) is 5.69 Å². The van der Waals surface area contributed by atoms with Crippen LogP contribution in [0.15, 0.2) is 388 Å². The van der Waals surface area contributed by atoms with Crippen molar-refractivity contribution in [3.05, 3.63) is 388 Å². The number of aromatic nitrogens is 4. The lowest BCUT2D eigenvalue weighted by Crippen LogP contribution is -1.93. The van der Waals surface area contributed by atoms with Gasteiger partial charge in [-0.05, 0) is 219 Å². The van der Waals surface area contributed by atoms with E-state index in [1.54, 1.807) is 0 Å². The molecule has 0 aliphatic rings. The first kappa shape index (κ1) is 59.6. The summed E-state index contributed by atoms with van der Waals surface area (Å²) in [5, 5.41) is 25.3. The molecule has 0 saturated heterocycles. The van der Waals surface area contributed by atoms with Gasteiger partial charge < -0.3 is 18.3 Å². The number of fused-ring (bicyclic) bond motifs is 22. The van der Waals surface area contributed by atoms with Gasteiger partial charge in [-0.25, -0.2) is 0 Å². The maximum Gasteiger partial charge on any atom is 0.0547 e. The fourth-order valence-corrected chi connectivity index (χ4v) is 17.6. The minimum atomic E-state index is 1.16. The molecule has 492 valence electrons. The molecule has 0 N–H and O–H groups in total. The smallest absolute Gasteiger partial charge is 0.0547 e. The molecule has 0 amide bonds. The minimum absolute atomic E-state index is 1.16. The van der Waals surface area contributed by atoms with E-state index in [1.807, 2.05) is 0 Å². The monoisotopic (exact) mass is 1340 g/mol. The highest BCUT2D eigenvalue weighted by molar-refractivity contribution is 6.26. The molecule has 0 saturated carbocycles. The molecule has 4 nitrogen and oxygen atoms in total. The van der Waals surface area contributed by atoms with Gasteiger partial charge in [-0.2, -0.15) is 0 Å². The summed E-state index contributed by atoms with van der Waals surface area (Å²) in [6, 6.07) is 143. The van der Waals surface area contributed by atoms with Gasteiger partial charge in [0.25, 0.3) is 0 Å². The van der Waals surface area contributed by atoms with Gasteiger partial charge in [0, 0.05) is 65.8 Å². The first-order valence-electron chi connectivity index (χ1n) is 36.6. The van der Waals surface area contributed by atoms with Crippen molar-refractivity contribution in [3.63, 3.8) is 0 Å². The van der Waals surface area contributed by atoms with Crippen LogP contribution in [0.1, 0.15) is 0 Å². The Labute approximate surface area is 610 Å². The standard InChI is InChI=1S/C52H32N2.C50H32N2/c1-3-11-36-30-41(24-19-33(36)9-1)53-47-15-7-5-13-44(47)51-43-26-21-38(29-40(43)23-28-49(51)53)39-18-17-35-22-27-50-52(46(35)32-39)45-14-6-8-16-48(45)54(50)42-25-20-34-10-2-4-12-37(34)31-42;1-3-11-33(12-4-1)34-23-27-40(28-24-34)52-46-18-10-8-16-42(46)50-44-32-38(22-20-36(44)26-30-48(50)52)37-21-19-35-25-29-47-49(43(35)31-37)41-15-7-9-17-45(41)51(47)39-13-5-2-6-14-39/h1-32H;1-32H. The van der Waals surface area contributed by atoms with E-state index < -0.39 is 0 Å². The number of nitrogens with zero attached hydrogens (tertiary/aromatic N) is 4. The lowest BCUT2D eigenvalue weighted by atomic mass is 9.95. The van der Waals surface area contributed by atoms with E-state index in [1.165, 1.54) is 202 Å². The van der Waals surface area contributed by atoms with Crippen molar-refractivity contribution >= 4 is 152 Å². The first-order chi connectivity index (χ1) is 52.6. The quantitative estimate of drug-likeness (QED) is 0.152. The molecule has 4 heteroatoms. The molecule has 19 aromatic carbocycles. The highest BCUT2D eigenvalue weighted by Gasteiger charge is 2.22. The molecule has 0 unspecified atom stereocenters. The Kier molecular flexibility index (Phi) is 13.4. The van der Waals surface area contributed by atoms with Crippen molar-refractivity contribution in [3.8, 4) is 56.1 Å². The number of benzene rings is 19. The average Bonchev–Trinajstić information content (AvgIpc) is 1.64. The highest BCUT2D eigenvalue weighted by atomic mass is 15.0. The Morgan fingerprint density at radius 2 is 0.406 bits per heavy atom. The predicted molar refractivity (Wildman–Crippen MR) is 452 cm³/mol. The first-order valence-corrected chi connectivity index (χ1v) is 36.6. The maximum atomic E-state index is 2.43. The lowest BCUT2D eigenvalue weighted by molar-refractivity contribution is 1.18. The van der Waals surface area contributed by atoms with Gasteiger partial charge in [-0.15, -0.1) is 0 Å². The molecular weight excluding hydrogens is 1280 g/mol. The van der Waals surface area contributed by atoms with Crippen LogP contribution >= 0.6 is 0 Å². The van der Waals surface area contributed by atoms with Crippen molar-refractivity contribution in [2.45, 2.75) is 0 Å². The van der Waals surface area contributed by atoms with Gasteiger partial charge >= 0.3 is 0 Å². The number of hydrogen-bond donors (Lipinski definition) is 0. The third kappa shape index (κ3) is 9.34. The van der Waals surface area contributed by atoms with Crippen molar-refractivity contribution in [1.29, 1.82) is 0 Å². The molecule has 23 aromatic rings. The summed E-state index contributed by atoms with van der Waals surface area (Å²) >= 11 is 0. The van der Waals surface area contributed by atoms with Crippen LogP contribution in [0.4, 0.5) is 0 Å². The van der Waals surface area contributed by atoms with Gasteiger partial charge in [0.15, 0.2) is 0 Å². The summed E-state index contributed by atoms with van der Waals surface area (Å²) in [4.78, 5) is 0. The summed E-state index contributed by atoms with van der Waals surface area (Å²) in [7, 11) is 0. The molecule has 106 heavy (non-hydrogen) atoms. The molecule has 4 heterocycles. The molecule has 0 radical (unpaired) electrons. The molecule has 0 bridgehead atoms. The zero-order valence-corrected chi connectivity index (χ0v) is 57.7. The second kappa shape index (κ2) is 23.8. The molecular formula is C102H64N4. The van der Waals surface area contributed by atoms with Crippen LogP contribution < -0.4 is 0 Å². The normalized spacial score (nSPS) is 12.0. The second-order valence-corrected chi connectivity index (χ2v) is 28.3. The van der Waals surface area contributed by atoms with E-state index in [0.29, 0.717) is 0 Å². The SMILES string of the molecule is c1ccc(-c2ccc(-n3c4ccccc4c4c5cc(-c6ccc7ccc8c(c7c6)c6ccccc6n8-c6ccccc6)ccc5ccc43)cc2)cc1.c1ccc2cc(-n3c4ccccc4c4c5ccc(-c6ccc7ccc8c(c7c6)c6ccccc6n8-c6ccc7ccccc7c6)cc5ccc43)ccc2c1. The van der Waals surface area contributed by atoms with E-state index in [9.17, 15) is 0 Å².